The third-order valence-electron chi connectivity index (χ3n) is 3.13. The van der Waals surface area contributed by atoms with E-state index in [4.69, 9.17) is 10.5 Å². The molecule has 1 aliphatic heterocycles. The zero-order valence-corrected chi connectivity index (χ0v) is 11.1. The quantitative estimate of drug-likeness (QED) is 0.805. The number of methoxy groups -OCH3 is 1. The minimum Gasteiger partial charge on any atom is -0.490 e. The Hall–Kier alpha value is -2.05. The predicted octanol–water partition coefficient (Wildman–Crippen LogP) is 0.492. The van der Waals surface area contributed by atoms with Gasteiger partial charge < -0.3 is 20.7 Å². The van der Waals surface area contributed by atoms with Gasteiger partial charge in [-0.05, 0) is 12.8 Å². The van der Waals surface area contributed by atoms with Crippen LogP contribution in [0.2, 0.25) is 0 Å². The first-order valence-electron chi connectivity index (χ1n) is 6.38. The molecule has 0 aliphatic carbocycles. The van der Waals surface area contributed by atoms with Gasteiger partial charge in [0.15, 0.2) is 11.6 Å². The highest BCUT2D eigenvalue weighted by Crippen LogP contribution is 2.25. The normalized spacial score (nSPS) is 14.5. The molecule has 19 heavy (non-hydrogen) atoms. The third-order valence-corrected chi connectivity index (χ3v) is 3.13. The van der Waals surface area contributed by atoms with E-state index in [-0.39, 0.29) is 11.7 Å². The molecule has 0 unspecified atom stereocenters. The number of nitrogens with one attached hydrogen (secondary N) is 1. The molecule has 3 N–H and O–H groups in total. The van der Waals surface area contributed by atoms with E-state index in [1.807, 2.05) is 4.90 Å². The van der Waals surface area contributed by atoms with E-state index < -0.39 is 0 Å². The number of carbonyl (C=O) groups is 1. The van der Waals surface area contributed by atoms with Crippen LogP contribution in [0, 0.1) is 0 Å². The topological polar surface area (TPSA) is 93.4 Å². The van der Waals surface area contributed by atoms with E-state index in [0.717, 1.165) is 25.9 Å². The van der Waals surface area contributed by atoms with Gasteiger partial charge in [0.2, 0.25) is 11.7 Å². The minimum atomic E-state index is 0.172. The Labute approximate surface area is 112 Å². The monoisotopic (exact) mass is 265 g/mol. The second kappa shape index (κ2) is 6.21. The fourth-order valence-corrected chi connectivity index (χ4v) is 2.13. The van der Waals surface area contributed by atoms with Crippen LogP contribution in [0.25, 0.3) is 0 Å². The number of anilines is 2. The first kappa shape index (κ1) is 13.4. The van der Waals surface area contributed by atoms with E-state index in [9.17, 15) is 4.79 Å². The predicted molar refractivity (Wildman–Crippen MR) is 71.9 cm³/mol. The van der Waals surface area contributed by atoms with Crippen LogP contribution >= 0.6 is 0 Å². The molecule has 104 valence electrons. The van der Waals surface area contributed by atoms with Gasteiger partial charge in [-0.15, -0.1) is 0 Å². The summed E-state index contributed by atoms with van der Waals surface area (Å²) in [4.78, 5) is 21.6. The van der Waals surface area contributed by atoms with E-state index >= 15 is 0 Å². The van der Waals surface area contributed by atoms with Gasteiger partial charge in [0.1, 0.15) is 6.33 Å². The number of hydrogen-bond acceptors (Lipinski definition) is 6. The first-order chi connectivity index (χ1) is 9.22. The Morgan fingerprint density at radius 2 is 2.21 bits per heavy atom. The maximum Gasteiger partial charge on any atom is 0.224 e. The SMILES string of the molecule is COc1c(N)ncnc1NCCC(=O)N1CCCC1. The molecular weight excluding hydrogens is 246 g/mol. The van der Waals surface area contributed by atoms with Crippen LogP contribution < -0.4 is 15.8 Å². The van der Waals surface area contributed by atoms with Crippen LogP contribution in [0.5, 0.6) is 5.75 Å². The van der Waals surface area contributed by atoms with Crippen molar-refractivity contribution in [3.8, 4) is 5.75 Å². The molecule has 7 nitrogen and oxygen atoms in total. The fourth-order valence-electron chi connectivity index (χ4n) is 2.13. The molecule has 1 fully saturated rings. The molecule has 0 saturated carbocycles. The highest BCUT2D eigenvalue weighted by atomic mass is 16.5. The average Bonchev–Trinajstić information content (AvgIpc) is 2.93. The number of likely N-dealkylation sites (tertiary alicyclic amines) is 1. The van der Waals surface area contributed by atoms with Crippen molar-refractivity contribution in [3.63, 3.8) is 0 Å². The van der Waals surface area contributed by atoms with Gasteiger partial charge in [0, 0.05) is 26.1 Å². The molecule has 1 aromatic rings. The van der Waals surface area contributed by atoms with E-state index in [0.29, 0.717) is 24.5 Å². The van der Waals surface area contributed by atoms with Crippen LogP contribution in [0.1, 0.15) is 19.3 Å². The molecule has 0 aromatic carbocycles. The number of carbonyl (C=O) groups excluding carboxylic acids is 1. The molecule has 1 aromatic heterocycles. The standard InChI is InChI=1S/C12H19N5O2/c1-19-10-11(13)15-8-16-12(10)14-5-4-9(18)17-6-2-3-7-17/h8H,2-7H2,1H3,(H3,13,14,15,16). The summed E-state index contributed by atoms with van der Waals surface area (Å²) in [6, 6.07) is 0. The van der Waals surface area contributed by atoms with Crippen LogP contribution in [0.15, 0.2) is 6.33 Å². The number of nitrogens with zero attached hydrogens (tertiary/aromatic N) is 3. The molecule has 7 heteroatoms. The summed E-state index contributed by atoms with van der Waals surface area (Å²) in [6.07, 6.45) is 4.01. The van der Waals surface area contributed by atoms with Crippen LogP contribution in [-0.4, -0.2) is 47.5 Å². The van der Waals surface area contributed by atoms with Gasteiger partial charge in [-0.1, -0.05) is 0 Å². The van der Waals surface area contributed by atoms with Gasteiger partial charge >= 0.3 is 0 Å². The molecule has 2 heterocycles. The molecule has 0 radical (unpaired) electrons. The highest BCUT2D eigenvalue weighted by Gasteiger charge is 2.17. The van der Waals surface area contributed by atoms with E-state index in [2.05, 4.69) is 15.3 Å². The molecule has 1 aliphatic rings. The van der Waals surface area contributed by atoms with Crippen molar-refractivity contribution >= 4 is 17.5 Å². The number of aromatic nitrogens is 2. The van der Waals surface area contributed by atoms with Crippen molar-refractivity contribution in [2.45, 2.75) is 19.3 Å². The molecule has 0 spiro atoms. The third kappa shape index (κ3) is 3.24. The maximum absolute atomic E-state index is 11.9. The zero-order chi connectivity index (χ0) is 13.7. The Morgan fingerprint density at radius 1 is 1.47 bits per heavy atom. The first-order valence-corrected chi connectivity index (χ1v) is 6.38. The van der Waals surface area contributed by atoms with Crippen LogP contribution in [0.4, 0.5) is 11.6 Å². The average molecular weight is 265 g/mol. The van der Waals surface area contributed by atoms with Crippen molar-refractivity contribution in [1.82, 2.24) is 14.9 Å². The largest absolute Gasteiger partial charge is 0.490 e. The lowest BCUT2D eigenvalue weighted by molar-refractivity contribution is -0.129. The number of nitrogen functional groups attached to an aromatic ring is 1. The lowest BCUT2D eigenvalue weighted by Crippen LogP contribution is -2.29. The van der Waals surface area contributed by atoms with Gasteiger partial charge in [-0.3, -0.25) is 4.79 Å². The highest BCUT2D eigenvalue weighted by molar-refractivity contribution is 5.77. The van der Waals surface area contributed by atoms with Gasteiger partial charge in [0.25, 0.3) is 0 Å². The van der Waals surface area contributed by atoms with E-state index in [1.165, 1.54) is 13.4 Å². The number of ether oxygens (including phenoxy) is 1. The Kier molecular flexibility index (Phi) is 4.38. The van der Waals surface area contributed by atoms with Gasteiger partial charge in [-0.25, -0.2) is 9.97 Å². The summed E-state index contributed by atoms with van der Waals surface area (Å²) < 4.78 is 5.13. The van der Waals surface area contributed by atoms with Crippen molar-refractivity contribution in [2.75, 3.05) is 37.8 Å². The molecule has 1 amide bonds. The zero-order valence-electron chi connectivity index (χ0n) is 11.1. The molecule has 1 saturated heterocycles. The summed E-state index contributed by atoms with van der Waals surface area (Å²) in [6.45, 7) is 2.26. The van der Waals surface area contributed by atoms with Crippen molar-refractivity contribution in [1.29, 1.82) is 0 Å². The summed E-state index contributed by atoms with van der Waals surface area (Å²) in [5.41, 5.74) is 5.67. The van der Waals surface area contributed by atoms with Crippen LogP contribution in [-0.2, 0) is 4.79 Å². The summed E-state index contributed by atoms with van der Waals surface area (Å²) in [5, 5.41) is 3.06. The number of rotatable bonds is 5. The lowest BCUT2D eigenvalue weighted by Gasteiger charge is -2.16. The van der Waals surface area contributed by atoms with Crippen molar-refractivity contribution < 1.29 is 9.53 Å². The minimum absolute atomic E-state index is 0.172. The van der Waals surface area contributed by atoms with Gasteiger partial charge in [-0.2, -0.15) is 0 Å². The molecule has 0 bridgehead atoms. The van der Waals surface area contributed by atoms with Gasteiger partial charge in [0.05, 0.1) is 7.11 Å². The van der Waals surface area contributed by atoms with Crippen molar-refractivity contribution in [2.24, 2.45) is 0 Å². The molecule has 2 rings (SSSR count). The van der Waals surface area contributed by atoms with E-state index in [1.54, 1.807) is 0 Å². The second-order valence-corrected chi connectivity index (χ2v) is 4.41. The lowest BCUT2D eigenvalue weighted by atomic mass is 10.3. The summed E-state index contributed by atoms with van der Waals surface area (Å²) in [7, 11) is 1.51. The summed E-state index contributed by atoms with van der Waals surface area (Å²) in [5.74, 6) is 1.39. The molecular formula is C12H19N5O2. The molecule has 0 atom stereocenters. The Morgan fingerprint density at radius 3 is 2.89 bits per heavy atom. The fraction of sp³-hybridized carbons (Fsp3) is 0.583. The Balaban J connectivity index is 1.85. The number of nitrogens with two attached hydrogens (primary N) is 1. The van der Waals surface area contributed by atoms with Crippen LogP contribution in [0.3, 0.4) is 0 Å². The number of amides is 1. The smallest absolute Gasteiger partial charge is 0.224 e. The Bertz CT molecular complexity index is 446. The summed E-state index contributed by atoms with van der Waals surface area (Å²) >= 11 is 0. The number of hydrogen-bond donors (Lipinski definition) is 2. The second-order valence-electron chi connectivity index (χ2n) is 4.41. The van der Waals surface area contributed by atoms with Crippen molar-refractivity contribution in [3.05, 3.63) is 6.33 Å². The maximum atomic E-state index is 11.9.